The Labute approximate surface area is 108 Å². The molecule has 0 saturated carbocycles. The van der Waals surface area contributed by atoms with E-state index in [1.165, 1.54) is 0 Å². The average molecular weight is 255 g/mol. The number of ether oxygens (including phenoxy) is 3. The van der Waals surface area contributed by atoms with E-state index in [0.717, 1.165) is 25.5 Å². The summed E-state index contributed by atoms with van der Waals surface area (Å²) in [6, 6.07) is 1.73. The first kappa shape index (κ1) is 16.5. The summed E-state index contributed by atoms with van der Waals surface area (Å²) in [7, 11) is 0. The quantitative estimate of drug-likeness (QED) is 0.197. The molecule has 0 aliphatic rings. The first-order valence-electron chi connectivity index (χ1n) is 6.23. The molecular weight excluding hydrogens is 234 g/mol. The van der Waals surface area contributed by atoms with Gasteiger partial charge in [0.1, 0.15) is 18.9 Å². The van der Waals surface area contributed by atoms with Crippen LogP contribution in [0.1, 0.15) is 33.1 Å². The standard InChI is InChI=1S/C13H21NO4/c1-3-5-6-7-17-8-9-18-13(15)12(10-14)11-16-4-2/h11H,3-9H2,1-2H3. The minimum Gasteiger partial charge on any atom is -0.500 e. The van der Waals surface area contributed by atoms with Crippen molar-refractivity contribution in [2.24, 2.45) is 0 Å². The van der Waals surface area contributed by atoms with Crippen LogP contribution in [-0.2, 0) is 19.0 Å². The predicted octanol–water partition coefficient (Wildman–Crippen LogP) is 2.18. The fourth-order valence-electron chi connectivity index (χ4n) is 1.11. The summed E-state index contributed by atoms with van der Waals surface area (Å²) >= 11 is 0. The van der Waals surface area contributed by atoms with Gasteiger partial charge >= 0.3 is 5.97 Å². The molecule has 0 N–H and O–H groups in total. The maximum absolute atomic E-state index is 11.4. The van der Waals surface area contributed by atoms with E-state index in [-0.39, 0.29) is 12.2 Å². The molecule has 0 fully saturated rings. The van der Waals surface area contributed by atoms with Gasteiger partial charge in [0.05, 0.1) is 13.2 Å². The van der Waals surface area contributed by atoms with E-state index in [1.807, 2.05) is 0 Å². The molecule has 0 aromatic carbocycles. The molecule has 0 aromatic heterocycles. The average Bonchev–Trinajstić information content (AvgIpc) is 2.38. The zero-order valence-corrected chi connectivity index (χ0v) is 11.1. The SMILES string of the molecule is CCCCCOCCOC(=O)C(C#N)=COCC. The summed E-state index contributed by atoms with van der Waals surface area (Å²) in [4.78, 5) is 11.4. The van der Waals surface area contributed by atoms with Gasteiger partial charge in [-0.3, -0.25) is 0 Å². The van der Waals surface area contributed by atoms with Crippen LogP contribution < -0.4 is 0 Å². The fraction of sp³-hybridized carbons (Fsp3) is 0.692. The van der Waals surface area contributed by atoms with Gasteiger partial charge in [0.25, 0.3) is 0 Å². The first-order valence-corrected chi connectivity index (χ1v) is 6.23. The monoisotopic (exact) mass is 255 g/mol. The topological polar surface area (TPSA) is 68.5 Å². The highest BCUT2D eigenvalue weighted by molar-refractivity contribution is 5.92. The molecule has 5 nitrogen and oxygen atoms in total. The van der Waals surface area contributed by atoms with Crippen molar-refractivity contribution in [2.75, 3.05) is 26.4 Å². The zero-order chi connectivity index (χ0) is 13.6. The third kappa shape index (κ3) is 8.59. The second kappa shape index (κ2) is 11.9. The second-order valence-corrected chi connectivity index (χ2v) is 3.55. The Morgan fingerprint density at radius 3 is 2.61 bits per heavy atom. The van der Waals surface area contributed by atoms with Gasteiger partial charge < -0.3 is 14.2 Å². The number of hydrogen-bond acceptors (Lipinski definition) is 5. The fourth-order valence-corrected chi connectivity index (χ4v) is 1.11. The van der Waals surface area contributed by atoms with Crippen molar-refractivity contribution >= 4 is 5.97 Å². The Morgan fingerprint density at radius 2 is 2.00 bits per heavy atom. The molecular formula is C13H21NO4. The van der Waals surface area contributed by atoms with Crippen LogP contribution in [0.3, 0.4) is 0 Å². The summed E-state index contributed by atoms with van der Waals surface area (Å²) in [6.45, 7) is 5.46. The van der Waals surface area contributed by atoms with Crippen LogP contribution >= 0.6 is 0 Å². The van der Waals surface area contributed by atoms with Crippen molar-refractivity contribution in [1.29, 1.82) is 5.26 Å². The Balaban J connectivity index is 3.66. The number of esters is 1. The number of carbonyl (C=O) groups excluding carboxylic acids is 1. The highest BCUT2D eigenvalue weighted by Crippen LogP contribution is 1.98. The highest BCUT2D eigenvalue weighted by Gasteiger charge is 2.10. The van der Waals surface area contributed by atoms with Crippen LogP contribution in [0.25, 0.3) is 0 Å². The molecule has 0 aliphatic heterocycles. The van der Waals surface area contributed by atoms with Gasteiger partial charge in [-0.15, -0.1) is 0 Å². The molecule has 0 atom stereocenters. The number of rotatable bonds is 10. The van der Waals surface area contributed by atoms with Crippen LogP contribution in [0.4, 0.5) is 0 Å². The van der Waals surface area contributed by atoms with E-state index in [0.29, 0.717) is 19.8 Å². The van der Waals surface area contributed by atoms with Crippen molar-refractivity contribution in [2.45, 2.75) is 33.1 Å². The molecule has 0 unspecified atom stereocenters. The lowest BCUT2D eigenvalue weighted by atomic mass is 10.3. The Morgan fingerprint density at radius 1 is 1.22 bits per heavy atom. The van der Waals surface area contributed by atoms with E-state index < -0.39 is 5.97 Å². The van der Waals surface area contributed by atoms with E-state index in [1.54, 1.807) is 13.0 Å². The number of nitrogens with zero attached hydrogens (tertiary/aromatic N) is 1. The Hall–Kier alpha value is -1.54. The number of hydrogen-bond donors (Lipinski definition) is 0. The largest absolute Gasteiger partial charge is 0.500 e. The smallest absolute Gasteiger partial charge is 0.352 e. The molecule has 0 amide bonds. The molecule has 0 heterocycles. The molecule has 0 aromatic rings. The summed E-state index contributed by atoms with van der Waals surface area (Å²) in [5.74, 6) is -0.678. The highest BCUT2D eigenvalue weighted by atomic mass is 16.6. The molecule has 18 heavy (non-hydrogen) atoms. The summed E-state index contributed by atoms with van der Waals surface area (Å²) in [5.41, 5.74) is -0.136. The summed E-state index contributed by atoms with van der Waals surface area (Å²) in [5, 5.41) is 8.69. The van der Waals surface area contributed by atoms with Gasteiger partial charge in [-0.1, -0.05) is 19.8 Å². The van der Waals surface area contributed by atoms with Crippen LogP contribution in [0.15, 0.2) is 11.8 Å². The predicted molar refractivity (Wildman–Crippen MR) is 66.6 cm³/mol. The molecule has 0 spiro atoms. The van der Waals surface area contributed by atoms with E-state index in [9.17, 15) is 4.79 Å². The van der Waals surface area contributed by atoms with Crippen molar-refractivity contribution in [3.8, 4) is 6.07 Å². The van der Waals surface area contributed by atoms with E-state index in [2.05, 4.69) is 6.92 Å². The molecule has 0 bridgehead atoms. The van der Waals surface area contributed by atoms with Crippen LogP contribution in [-0.4, -0.2) is 32.4 Å². The lowest BCUT2D eigenvalue weighted by Crippen LogP contribution is -2.12. The van der Waals surface area contributed by atoms with Gasteiger partial charge in [0, 0.05) is 6.61 Å². The minimum absolute atomic E-state index is 0.136. The lowest BCUT2D eigenvalue weighted by Gasteiger charge is -2.05. The van der Waals surface area contributed by atoms with Gasteiger partial charge in [-0.05, 0) is 13.3 Å². The second-order valence-electron chi connectivity index (χ2n) is 3.55. The lowest BCUT2D eigenvalue weighted by molar-refractivity contribution is -0.140. The van der Waals surface area contributed by atoms with Gasteiger partial charge in [-0.25, -0.2) is 4.79 Å². The summed E-state index contributed by atoms with van der Waals surface area (Å²) < 4.78 is 15.0. The van der Waals surface area contributed by atoms with E-state index in [4.69, 9.17) is 19.5 Å². The van der Waals surface area contributed by atoms with Gasteiger partial charge in [0.15, 0.2) is 5.57 Å². The minimum atomic E-state index is -0.678. The number of carbonyl (C=O) groups is 1. The van der Waals surface area contributed by atoms with Gasteiger partial charge in [0.2, 0.25) is 0 Å². The Kier molecular flexibility index (Phi) is 10.9. The normalized spacial score (nSPS) is 10.8. The molecule has 0 rings (SSSR count). The van der Waals surface area contributed by atoms with E-state index >= 15 is 0 Å². The molecule has 0 saturated heterocycles. The third-order valence-electron chi connectivity index (χ3n) is 2.06. The van der Waals surface area contributed by atoms with Crippen LogP contribution in [0.5, 0.6) is 0 Å². The van der Waals surface area contributed by atoms with Crippen molar-refractivity contribution in [3.05, 3.63) is 11.8 Å². The van der Waals surface area contributed by atoms with Crippen molar-refractivity contribution < 1.29 is 19.0 Å². The Bertz CT molecular complexity index is 294. The molecule has 5 heteroatoms. The number of unbranched alkanes of at least 4 members (excludes halogenated alkanes) is 2. The maximum atomic E-state index is 11.4. The molecule has 0 aliphatic carbocycles. The van der Waals surface area contributed by atoms with Crippen LogP contribution in [0, 0.1) is 11.3 Å². The number of nitriles is 1. The van der Waals surface area contributed by atoms with Crippen molar-refractivity contribution in [1.82, 2.24) is 0 Å². The first-order chi connectivity index (χ1) is 8.76. The summed E-state index contributed by atoms with van der Waals surface area (Å²) in [6.07, 6.45) is 4.41. The van der Waals surface area contributed by atoms with Gasteiger partial charge in [-0.2, -0.15) is 5.26 Å². The molecule has 0 radical (unpaired) electrons. The zero-order valence-electron chi connectivity index (χ0n) is 11.1. The van der Waals surface area contributed by atoms with Crippen molar-refractivity contribution in [3.63, 3.8) is 0 Å². The maximum Gasteiger partial charge on any atom is 0.352 e. The third-order valence-corrected chi connectivity index (χ3v) is 2.06. The molecule has 102 valence electrons. The van der Waals surface area contributed by atoms with Crippen LogP contribution in [0.2, 0.25) is 0 Å².